The number of nitrogens with one attached hydrogen (secondary N) is 1. The van der Waals surface area contributed by atoms with E-state index < -0.39 is 11.7 Å². The lowest BCUT2D eigenvalue weighted by Gasteiger charge is -2.13. The summed E-state index contributed by atoms with van der Waals surface area (Å²) >= 11 is 0. The van der Waals surface area contributed by atoms with Gasteiger partial charge in [-0.1, -0.05) is 30.3 Å². The molecule has 4 heteroatoms. The van der Waals surface area contributed by atoms with E-state index in [9.17, 15) is 13.2 Å². The van der Waals surface area contributed by atoms with E-state index in [0.29, 0.717) is 11.6 Å². The highest BCUT2D eigenvalue weighted by atomic mass is 19.4. The number of fused-ring (bicyclic) bond motifs is 1. The molecule has 0 radical (unpaired) electrons. The molecule has 1 unspecified atom stereocenters. The first-order chi connectivity index (χ1) is 10.0. The van der Waals surface area contributed by atoms with Crippen LogP contribution >= 0.6 is 0 Å². The largest absolute Gasteiger partial charge is 0.416 e. The fourth-order valence-electron chi connectivity index (χ4n) is 3.09. The van der Waals surface area contributed by atoms with Crippen LogP contribution in [-0.2, 0) is 12.6 Å². The van der Waals surface area contributed by atoms with Gasteiger partial charge < -0.3 is 5.32 Å². The van der Waals surface area contributed by atoms with E-state index in [0.717, 1.165) is 30.0 Å². The van der Waals surface area contributed by atoms with Crippen molar-refractivity contribution in [3.63, 3.8) is 0 Å². The Morgan fingerprint density at radius 3 is 2.57 bits per heavy atom. The molecular weight excluding hydrogens is 275 g/mol. The highest BCUT2D eigenvalue weighted by Crippen LogP contribution is 2.39. The van der Waals surface area contributed by atoms with E-state index in [4.69, 9.17) is 0 Å². The van der Waals surface area contributed by atoms with Crippen molar-refractivity contribution < 1.29 is 13.2 Å². The smallest absolute Gasteiger partial charge is 0.313 e. The number of halogens is 3. The third kappa shape index (κ3) is 2.56. The van der Waals surface area contributed by atoms with E-state index in [1.54, 1.807) is 6.07 Å². The summed E-state index contributed by atoms with van der Waals surface area (Å²) < 4.78 is 38.6. The maximum atomic E-state index is 12.9. The van der Waals surface area contributed by atoms with Crippen molar-refractivity contribution in [2.75, 3.05) is 7.05 Å². The third-order valence-corrected chi connectivity index (χ3v) is 4.12. The van der Waals surface area contributed by atoms with Gasteiger partial charge in [-0.05, 0) is 54.3 Å². The van der Waals surface area contributed by atoms with Crippen LogP contribution in [0.15, 0.2) is 42.5 Å². The van der Waals surface area contributed by atoms with Crippen LogP contribution in [0, 0.1) is 0 Å². The number of hydrogen-bond acceptors (Lipinski definition) is 1. The average Bonchev–Trinajstić information content (AvgIpc) is 2.89. The van der Waals surface area contributed by atoms with Crippen LogP contribution in [-0.4, -0.2) is 7.05 Å². The maximum absolute atomic E-state index is 12.9. The maximum Gasteiger partial charge on any atom is 0.416 e. The van der Waals surface area contributed by atoms with Crippen molar-refractivity contribution in [1.82, 2.24) is 5.32 Å². The zero-order chi connectivity index (χ0) is 15.0. The van der Waals surface area contributed by atoms with E-state index in [1.165, 1.54) is 17.7 Å². The number of hydrogen-bond donors (Lipinski definition) is 1. The number of benzene rings is 2. The van der Waals surface area contributed by atoms with Crippen LogP contribution in [0.5, 0.6) is 0 Å². The van der Waals surface area contributed by atoms with Crippen molar-refractivity contribution in [1.29, 1.82) is 0 Å². The van der Waals surface area contributed by atoms with Crippen LogP contribution in [0.1, 0.15) is 29.2 Å². The molecular formula is C17H16F3N. The highest BCUT2D eigenvalue weighted by molar-refractivity contribution is 5.70. The van der Waals surface area contributed by atoms with E-state index in [1.807, 2.05) is 19.2 Å². The van der Waals surface area contributed by atoms with Gasteiger partial charge in [0.2, 0.25) is 0 Å². The Balaban J connectivity index is 2.09. The zero-order valence-corrected chi connectivity index (χ0v) is 11.7. The SMILES string of the molecule is CNC1CCc2c(-c3cccc(C(F)(F)F)c3)cccc21. The predicted octanol–water partition coefficient (Wildman–Crippen LogP) is 4.58. The van der Waals surface area contributed by atoms with Gasteiger partial charge in [0.05, 0.1) is 5.56 Å². The molecule has 0 aliphatic heterocycles. The summed E-state index contributed by atoms with van der Waals surface area (Å²) in [7, 11) is 1.91. The van der Waals surface area contributed by atoms with Gasteiger partial charge in [-0.2, -0.15) is 13.2 Å². The van der Waals surface area contributed by atoms with Gasteiger partial charge in [0.1, 0.15) is 0 Å². The molecule has 0 spiro atoms. The first kappa shape index (κ1) is 14.1. The van der Waals surface area contributed by atoms with Crippen molar-refractivity contribution in [3.8, 4) is 11.1 Å². The van der Waals surface area contributed by atoms with Crippen molar-refractivity contribution >= 4 is 0 Å². The van der Waals surface area contributed by atoms with Gasteiger partial charge in [0, 0.05) is 6.04 Å². The van der Waals surface area contributed by atoms with Gasteiger partial charge in [-0.15, -0.1) is 0 Å². The molecule has 1 nitrogen and oxygen atoms in total. The van der Waals surface area contributed by atoms with Gasteiger partial charge in [0.25, 0.3) is 0 Å². The fourth-order valence-corrected chi connectivity index (χ4v) is 3.09. The van der Waals surface area contributed by atoms with Crippen LogP contribution in [0.3, 0.4) is 0 Å². The first-order valence-electron chi connectivity index (χ1n) is 6.97. The molecule has 0 heterocycles. The Labute approximate surface area is 121 Å². The summed E-state index contributed by atoms with van der Waals surface area (Å²) in [4.78, 5) is 0. The molecule has 2 aromatic carbocycles. The van der Waals surface area contributed by atoms with Gasteiger partial charge in [-0.3, -0.25) is 0 Å². The lowest BCUT2D eigenvalue weighted by molar-refractivity contribution is -0.137. The molecule has 0 saturated carbocycles. The Kier molecular flexibility index (Phi) is 3.49. The minimum atomic E-state index is -4.30. The van der Waals surface area contributed by atoms with Gasteiger partial charge >= 0.3 is 6.18 Å². The molecule has 1 aliphatic rings. The summed E-state index contributed by atoms with van der Waals surface area (Å²) in [6.07, 6.45) is -2.42. The standard InChI is InChI=1S/C17H16F3N/c1-21-16-9-8-14-13(6-3-7-15(14)16)11-4-2-5-12(10-11)17(18,19)20/h2-7,10,16,21H,8-9H2,1H3. The van der Waals surface area contributed by atoms with E-state index in [-0.39, 0.29) is 0 Å². The predicted molar refractivity (Wildman–Crippen MR) is 77.0 cm³/mol. The molecule has 1 aliphatic carbocycles. The molecule has 0 amide bonds. The fraction of sp³-hybridized carbons (Fsp3) is 0.294. The summed E-state index contributed by atoms with van der Waals surface area (Å²) in [6, 6.07) is 11.8. The summed E-state index contributed by atoms with van der Waals surface area (Å²) in [6.45, 7) is 0. The van der Waals surface area contributed by atoms with Crippen LogP contribution < -0.4 is 5.32 Å². The van der Waals surface area contributed by atoms with Crippen LogP contribution in [0.2, 0.25) is 0 Å². The summed E-state index contributed by atoms with van der Waals surface area (Å²) in [5.74, 6) is 0. The Morgan fingerprint density at radius 1 is 1.10 bits per heavy atom. The lowest BCUT2D eigenvalue weighted by Crippen LogP contribution is -2.12. The molecule has 110 valence electrons. The topological polar surface area (TPSA) is 12.0 Å². The second-order valence-corrected chi connectivity index (χ2v) is 5.33. The van der Waals surface area contributed by atoms with Gasteiger partial charge in [-0.25, -0.2) is 0 Å². The van der Waals surface area contributed by atoms with Crippen molar-refractivity contribution in [2.24, 2.45) is 0 Å². The Bertz CT molecular complexity index is 661. The number of alkyl halides is 3. The summed E-state index contributed by atoms with van der Waals surface area (Å²) in [5.41, 5.74) is 3.32. The normalized spacial score (nSPS) is 17.8. The molecule has 2 aromatic rings. The highest BCUT2D eigenvalue weighted by Gasteiger charge is 2.31. The van der Waals surface area contributed by atoms with E-state index >= 15 is 0 Å². The number of rotatable bonds is 2. The average molecular weight is 291 g/mol. The first-order valence-corrected chi connectivity index (χ1v) is 6.97. The molecule has 21 heavy (non-hydrogen) atoms. The molecule has 0 fully saturated rings. The molecule has 3 rings (SSSR count). The van der Waals surface area contributed by atoms with Crippen molar-refractivity contribution in [2.45, 2.75) is 25.1 Å². The van der Waals surface area contributed by atoms with Crippen molar-refractivity contribution in [3.05, 3.63) is 59.2 Å². The molecule has 1 atom stereocenters. The quantitative estimate of drug-likeness (QED) is 0.854. The molecule has 0 bridgehead atoms. The third-order valence-electron chi connectivity index (χ3n) is 4.12. The Hall–Kier alpha value is -1.81. The minimum absolute atomic E-state index is 0.297. The lowest BCUT2D eigenvalue weighted by atomic mass is 9.95. The zero-order valence-electron chi connectivity index (χ0n) is 11.7. The van der Waals surface area contributed by atoms with E-state index in [2.05, 4.69) is 11.4 Å². The second-order valence-electron chi connectivity index (χ2n) is 5.33. The van der Waals surface area contributed by atoms with Crippen LogP contribution in [0.25, 0.3) is 11.1 Å². The molecule has 0 aromatic heterocycles. The summed E-state index contributed by atoms with van der Waals surface area (Å²) in [5, 5.41) is 3.25. The second kappa shape index (κ2) is 5.19. The van der Waals surface area contributed by atoms with Crippen LogP contribution in [0.4, 0.5) is 13.2 Å². The molecule has 0 saturated heterocycles. The van der Waals surface area contributed by atoms with Gasteiger partial charge in [0.15, 0.2) is 0 Å². The molecule has 1 N–H and O–H groups in total. The monoisotopic (exact) mass is 291 g/mol. The minimum Gasteiger partial charge on any atom is -0.313 e. The Morgan fingerprint density at radius 2 is 1.86 bits per heavy atom.